The second-order valence-corrected chi connectivity index (χ2v) is 4.86. The Balaban J connectivity index is 1.98. The monoisotopic (exact) mass is 279 g/mol. The predicted octanol–water partition coefficient (Wildman–Crippen LogP) is 3.71. The third kappa shape index (κ3) is 2.80. The number of fused-ring (bicyclic) bond motifs is 1. The minimum atomic E-state index is 0.597. The van der Waals surface area contributed by atoms with E-state index in [9.17, 15) is 0 Å². The molecule has 0 aliphatic heterocycles. The molecule has 4 heteroatoms. The van der Waals surface area contributed by atoms with Crippen LogP contribution in [-0.4, -0.2) is 12.1 Å². The van der Waals surface area contributed by atoms with Crippen LogP contribution in [-0.2, 0) is 11.3 Å². The molecule has 3 rings (SSSR count). The number of nitrogens with zero attached hydrogens (tertiary/aromatic N) is 1. The first-order chi connectivity index (χ1) is 10.3. The highest BCUT2D eigenvalue weighted by molar-refractivity contribution is 5.99. The molecule has 0 radical (unpaired) electrons. The molecule has 0 spiro atoms. The molecule has 1 heterocycles. The maximum absolute atomic E-state index is 5.98. The van der Waals surface area contributed by atoms with E-state index >= 15 is 0 Å². The summed E-state index contributed by atoms with van der Waals surface area (Å²) in [6.45, 7) is 0.597. The first-order valence-electron chi connectivity index (χ1n) is 6.76. The topological polar surface area (TPSA) is 60.2 Å². The van der Waals surface area contributed by atoms with Crippen molar-refractivity contribution in [2.24, 2.45) is 0 Å². The summed E-state index contributed by atoms with van der Waals surface area (Å²) in [7, 11) is 1.69. The van der Waals surface area contributed by atoms with Crippen LogP contribution in [0.25, 0.3) is 10.9 Å². The number of anilines is 3. The summed E-state index contributed by atoms with van der Waals surface area (Å²) in [4.78, 5) is 4.35. The molecule has 0 aliphatic rings. The van der Waals surface area contributed by atoms with Gasteiger partial charge < -0.3 is 15.8 Å². The Kier molecular flexibility index (Phi) is 3.71. The Morgan fingerprint density at radius 3 is 2.90 bits per heavy atom. The summed E-state index contributed by atoms with van der Waals surface area (Å²) in [5.41, 5.74) is 10.6. The van der Waals surface area contributed by atoms with Gasteiger partial charge in [-0.2, -0.15) is 0 Å². The molecular weight excluding hydrogens is 262 g/mol. The summed E-state index contributed by atoms with van der Waals surface area (Å²) in [6, 6.07) is 15.9. The highest BCUT2D eigenvalue weighted by Gasteiger charge is 2.05. The quantitative estimate of drug-likeness (QED) is 0.715. The smallest absolute Gasteiger partial charge is 0.0951 e. The fourth-order valence-corrected chi connectivity index (χ4v) is 2.36. The number of nitrogens with one attached hydrogen (secondary N) is 1. The van der Waals surface area contributed by atoms with Crippen LogP contribution in [0.1, 0.15) is 5.56 Å². The van der Waals surface area contributed by atoms with E-state index in [4.69, 9.17) is 10.5 Å². The summed E-state index contributed by atoms with van der Waals surface area (Å²) in [5, 5.41) is 4.43. The Bertz CT molecular complexity index is 771. The van der Waals surface area contributed by atoms with E-state index in [0.29, 0.717) is 12.3 Å². The molecule has 2 aromatic carbocycles. The molecule has 4 nitrogen and oxygen atoms in total. The van der Waals surface area contributed by atoms with E-state index in [0.717, 1.165) is 27.8 Å². The second kappa shape index (κ2) is 5.81. The molecule has 0 saturated heterocycles. The van der Waals surface area contributed by atoms with Gasteiger partial charge in [-0.15, -0.1) is 0 Å². The lowest BCUT2D eigenvalue weighted by Crippen LogP contribution is -1.96. The zero-order valence-electron chi connectivity index (χ0n) is 11.8. The summed E-state index contributed by atoms with van der Waals surface area (Å²) in [6.07, 6.45) is 1.75. The van der Waals surface area contributed by atoms with Gasteiger partial charge in [0, 0.05) is 30.1 Å². The van der Waals surface area contributed by atoms with Crippen LogP contribution in [0, 0.1) is 0 Å². The number of nitrogens with two attached hydrogens (primary N) is 1. The fraction of sp³-hybridized carbons (Fsp3) is 0.118. The summed E-state index contributed by atoms with van der Waals surface area (Å²) < 4.78 is 5.16. The van der Waals surface area contributed by atoms with E-state index in [1.54, 1.807) is 13.3 Å². The van der Waals surface area contributed by atoms with E-state index in [1.165, 1.54) is 0 Å². The molecule has 106 valence electrons. The minimum absolute atomic E-state index is 0.597. The van der Waals surface area contributed by atoms with Gasteiger partial charge in [-0.3, -0.25) is 4.98 Å². The van der Waals surface area contributed by atoms with E-state index in [2.05, 4.69) is 16.4 Å². The van der Waals surface area contributed by atoms with Crippen LogP contribution in [0.15, 0.2) is 54.7 Å². The van der Waals surface area contributed by atoms with Gasteiger partial charge in [-0.25, -0.2) is 0 Å². The Morgan fingerprint density at radius 1 is 1.14 bits per heavy atom. The van der Waals surface area contributed by atoms with Gasteiger partial charge in [0.25, 0.3) is 0 Å². The highest BCUT2D eigenvalue weighted by Crippen LogP contribution is 2.29. The molecule has 0 saturated carbocycles. The van der Waals surface area contributed by atoms with Gasteiger partial charge in [-0.05, 0) is 42.0 Å². The van der Waals surface area contributed by atoms with Gasteiger partial charge >= 0.3 is 0 Å². The normalized spacial score (nSPS) is 10.7. The third-order valence-corrected chi connectivity index (χ3v) is 3.32. The Morgan fingerprint density at radius 2 is 2.05 bits per heavy atom. The van der Waals surface area contributed by atoms with Crippen molar-refractivity contribution in [3.05, 3.63) is 60.3 Å². The molecule has 3 N–H and O–H groups in total. The van der Waals surface area contributed by atoms with E-state index in [1.807, 2.05) is 42.5 Å². The van der Waals surface area contributed by atoms with Crippen molar-refractivity contribution in [1.29, 1.82) is 0 Å². The molecule has 3 aromatic rings. The SMILES string of the molecule is COCc1cccc(Nc2ccc(N)c3ncccc23)c1. The first-order valence-corrected chi connectivity index (χ1v) is 6.76. The van der Waals surface area contributed by atoms with Gasteiger partial charge in [0.05, 0.1) is 17.8 Å². The van der Waals surface area contributed by atoms with Crippen LogP contribution in [0.5, 0.6) is 0 Å². The van der Waals surface area contributed by atoms with Crippen LogP contribution in [0.2, 0.25) is 0 Å². The summed E-state index contributed by atoms with van der Waals surface area (Å²) in [5.74, 6) is 0. The fourth-order valence-electron chi connectivity index (χ4n) is 2.36. The second-order valence-electron chi connectivity index (χ2n) is 4.86. The average molecular weight is 279 g/mol. The zero-order chi connectivity index (χ0) is 14.7. The lowest BCUT2D eigenvalue weighted by atomic mass is 10.1. The molecular formula is C17H17N3O. The molecule has 0 aliphatic carbocycles. The lowest BCUT2D eigenvalue weighted by Gasteiger charge is -2.12. The van der Waals surface area contributed by atoms with Gasteiger partial charge in [0.15, 0.2) is 0 Å². The molecule has 0 unspecified atom stereocenters. The first kappa shape index (κ1) is 13.4. The van der Waals surface area contributed by atoms with Crippen molar-refractivity contribution in [2.45, 2.75) is 6.61 Å². The Labute approximate surface area is 123 Å². The van der Waals surface area contributed by atoms with Gasteiger partial charge in [0.2, 0.25) is 0 Å². The molecule has 0 amide bonds. The third-order valence-electron chi connectivity index (χ3n) is 3.32. The predicted molar refractivity (Wildman–Crippen MR) is 86.6 cm³/mol. The van der Waals surface area contributed by atoms with Crippen molar-refractivity contribution in [2.75, 3.05) is 18.2 Å². The zero-order valence-corrected chi connectivity index (χ0v) is 11.8. The van der Waals surface area contributed by atoms with Crippen molar-refractivity contribution in [3.63, 3.8) is 0 Å². The van der Waals surface area contributed by atoms with E-state index in [-0.39, 0.29) is 0 Å². The van der Waals surface area contributed by atoms with Crippen molar-refractivity contribution in [1.82, 2.24) is 4.98 Å². The van der Waals surface area contributed by atoms with Crippen LogP contribution < -0.4 is 11.1 Å². The van der Waals surface area contributed by atoms with Gasteiger partial charge in [-0.1, -0.05) is 12.1 Å². The number of methoxy groups -OCH3 is 1. The number of benzene rings is 2. The highest BCUT2D eigenvalue weighted by atomic mass is 16.5. The van der Waals surface area contributed by atoms with Gasteiger partial charge in [0.1, 0.15) is 0 Å². The molecule has 1 aromatic heterocycles. The lowest BCUT2D eigenvalue weighted by molar-refractivity contribution is 0.185. The van der Waals surface area contributed by atoms with Crippen LogP contribution >= 0.6 is 0 Å². The molecule has 0 atom stereocenters. The summed E-state index contributed by atoms with van der Waals surface area (Å²) >= 11 is 0. The van der Waals surface area contributed by atoms with Crippen molar-refractivity contribution in [3.8, 4) is 0 Å². The number of rotatable bonds is 4. The standard InChI is InChI=1S/C17H17N3O/c1-21-11-12-4-2-5-13(10-12)20-16-8-7-15(18)17-14(16)6-3-9-19-17/h2-10,20H,11,18H2,1H3. The maximum Gasteiger partial charge on any atom is 0.0951 e. The number of pyridine rings is 1. The number of hydrogen-bond donors (Lipinski definition) is 2. The van der Waals surface area contributed by atoms with E-state index < -0.39 is 0 Å². The molecule has 21 heavy (non-hydrogen) atoms. The largest absolute Gasteiger partial charge is 0.397 e. The number of hydrogen-bond acceptors (Lipinski definition) is 4. The maximum atomic E-state index is 5.98. The van der Waals surface area contributed by atoms with Crippen LogP contribution in [0.4, 0.5) is 17.1 Å². The average Bonchev–Trinajstić information content (AvgIpc) is 2.51. The van der Waals surface area contributed by atoms with Crippen molar-refractivity contribution >= 4 is 28.0 Å². The number of nitrogen functional groups attached to an aromatic ring is 1. The molecule has 0 fully saturated rings. The van der Waals surface area contributed by atoms with Crippen LogP contribution in [0.3, 0.4) is 0 Å². The minimum Gasteiger partial charge on any atom is -0.397 e. The Hall–Kier alpha value is -2.59. The number of ether oxygens (including phenoxy) is 1. The number of aromatic nitrogens is 1. The molecule has 0 bridgehead atoms. The van der Waals surface area contributed by atoms with Crippen molar-refractivity contribution < 1.29 is 4.74 Å².